The van der Waals surface area contributed by atoms with Gasteiger partial charge in [-0.25, -0.2) is 0 Å². The molecule has 0 aliphatic rings. The predicted octanol–water partition coefficient (Wildman–Crippen LogP) is 3.90. The van der Waals surface area contributed by atoms with E-state index in [1.807, 2.05) is 6.20 Å². The molecule has 0 saturated carbocycles. The van der Waals surface area contributed by atoms with Gasteiger partial charge in [0.05, 0.1) is 0 Å². The van der Waals surface area contributed by atoms with Crippen molar-refractivity contribution >= 4 is 16.6 Å². The second-order valence-corrected chi connectivity index (χ2v) is 4.72. The second-order valence-electron chi connectivity index (χ2n) is 4.72. The van der Waals surface area contributed by atoms with Crippen molar-refractivity contribution in [1.82, 2.24) is 4.98 Å². The van der Waals surface area contributed by atoms with Gasteiger partial charge in [-0.2, -0.15) is 0 Å². The lowest BCUT2D eigenvalue weighted by Gasteiger charge is -2.12. The summed E-state index contributed by atoms with van der Waals surface area (Å²) in [6.45, 7) is 0. The van der Waals surface area contributed by atoms with E-state index in [9.17, 15) is 0 Å². The molecule has 0 unspecified atom stereocenters. The molecular weight excluding hydrogens is 220 g/mol. The smallest absolute Gasteiger partial charge is 0.0454 e. The van der Waals surface area contributed by atoms with Gasteiger partial charge < -0.3 is 9.88 Å². The van der Waals surface area contributed by atoms with E-state index in [0.717, 1.165) is 0 Å². The molecule has 2 heteroatoms. The highest BCUT2D eigenvalue weighted by Crippen LogP contribution is 2.25. The molecule has 0 atom stereocenters. The quantitative estimate of drug-likeness (QED) is 0.715. The van der Waals surface area contributed by atoms with Crippen LogP contribution in [0.15, 0.2) is 54.7 Å². The van der Waals surface area contributed by atoms with E-state index in [-0.39, 0.29) is 0 Å². The molecular formula is C16H16N2. The van der Waals surface area contributed by atoms with Crippen molar-refractivity contribution in [3.05, 3.63) is 54.7 Å². The first-order valence-electron chi connectivity index (χ1n) is 6.09. The fourth-order valence-corrected chi connectivity index (χ4v) is 2.18. The minimum Gasteiger partial charge on any atom is -0.378 e. The average Bonchev–Trinajstić information content (AvgIpc) is 2.86. The topological polar surface area (TPSA) is 19.0 Å². The number of anilines is 1. The van der Waals surface area contributed by atoms with Crippen LogP contribution in [0.3, 0.4) is 0 Å². The molecule has 3 rings (SSSR count). The lowest BCUT2D eigenvalue weighted by molar-refractivity contribution is 1.13. The van der Waals surface area contributed by atoms with Crippen LogP contribution < -0.4 is 4.90 Å². The van der Waals surface area contributed by atoms with E-state index in [1.165, 1.54) is 27.7 Å². The lowest BCUT2D eigenvalue weighted by Crippen LogP contribution is -2.07. The van der Waals surface area contributed by atoms with Crippen LogP contribution in [0.4, 0.5) is 5.69 Å². The SMILES string of the molecule is CN(C)c1ccc(-c2ccc3[nH]ccc3c2)cc1. The van der Waals surface area contributed by atoms with Gasteiger partial charge in [0.1, 0.15) is 0 Å². The van der Waals surface area contributed by atoms with Crippen molar-refractivity contribution in [3.8, 4) is 11.1 Å². The number of aromatic amines is 1. The average molecular weight is 236 g/mol. The lowest BCUT2D eigenvalue weighted by atomic mass is 10.0. The van der Waals surface area contributed by atoms with E-state index < -0.39 is 0 Å². The molecule has 90 valence electrons. The summed E-state index contributed by atoms with van der Waals surface area (Å²) in [6, 6.07) is 17.2. The summed E-state index contributed by atoms with van der Waals surface area (Å²) in [4.78, 5) is 5.33. The Labute approximate surface area is 107 Å². The van der Waals surface area contributed by atoms with E-state index in [2.05, 4.69) is 72.5 Å². The molecule has 0 radical (unpaired) electrons. The minimum atomic E-state index is 1.18. The van der Waals surface area contributed by atoms with Crippen LogP contribution in [0.2, 0.25) is 0 Å². The van der Waals surface area contributed by atoms with Crippen LogP contribution in [-0.4, -0.2) is 19.1 Å². The number of hydrogen-bond acceptors (Lipinski definition) is 1. The molecule has 0 saturated heterocycles. The Hall–Kier alpha value is -2.22. The number of rotatable bonds is 2. The maximum Gasteiger partial charge on any atom is 0.0454 e. The van der Waals surface area contributed by atoms with Crippen LogP contribution in [0.5, 0.6) is 0 Å². The van der Waals surface area contributed by atoms with Crippen molar-refractivity contribution in [2.45, 2.75) is 0 Å². The van der Waals surface area contributed by atoms with Crippen molar-refractivity contribution in [2.75, 3.05) is 19.0 Å². The van der Waals surface area contributed by atoms with Crippen LogP contribution in [0.1, 0.15) is 0 Å². The Morgan fingerprint density at radius 1 is 0.833 bits per heavy atom. The maximum atomic E-state index is 3.22. The molecule has 1 heterocycles. The van der Waals surface area contributed by atoms with Crippen molar-refractivity contribution in [3.63, 3.8) is 0 Å². The van der Waals surface area contributed by atoms with Crippen molar-refractivity contribution in [1.29, 1.82) is 0 Å². The fraction of sp³-hybridized carbons (Fsp3) is 0.125. The molecule has 0 aliphatic heterocycles. The fourth-order valence-electron chi connectivity index (χ4n) is 2.18. The molecule has 1 aromatic heterocycles. The van der Waals surface area contributed by atoms with Gasteiger partial charge >= 0.3 is 0 Å². The number of hydrogen-bond donors (Lipinski definition) is 1. The van der Waals surface area contributed by atoms with Crippen LogP contribution >= 0.6 is 0 Å². The summed E-state index contributed by atoms with van der Waals surface area (Å²) in [7, 11) is 4.11. The Morgan fingerprint density at radius 3 is 2.28 bits per heavy atom. The van der Waals surface area contributed by atoms with Gasteiger partial charge in [0.2, 0.25) is 0 Å². The standard InChI is InChI=1S/C16H16N2/c1-18(2)15-6-3-12(4-7-15)13-5-8-16-14(11-13)9-10-17-16/h3-11,17H,1-2H3. The summed E-state index contributed by atoms with van der Waals surface area (Å²) in [6.07, 6.45) is 1.98. The van der Waals surface area contributed by atoms with Gasteiger partial charge in [0, 0.05) is 31.5 Å². The Balaban J connectivity index is 2.02. The monoisotopic (exact) mass is 236 g/mol. The molecule has 1 N–H and O–H groups in total. The number of aromatic nitrogens is 1. The van der Waals surface area contributed by atoms with E-state index in [0.29, 0.717) is 0 Å². The summed E-state index contributed by atoms with van der Waals surface area (Å²) in [5, 5.41) is 1.25. The van der Waals surface area contributed by atoms with Crippen molar-refractivity contribution in [2.24, 2.45) is 0 Å². The van der Waals surface area contributed by atoms with Crippen LogP contribution in [0, 0.1) is 0 Å². The third-order valence-electron chi connectivity index (χ3n) is 3.27. The normalized spacial score (nSPS) is 10.8. The third kappa shape index (κ3) is 1.86. The second kappa shape index (κ2) is 4.22. The molecule has 3 aromatic rings. The minimum absolute atomic E-state index is 1.18. The van der Waals surface area contributed by atoms with E-state index in [1.54, 1.807) is 0 Å². The molecule has 0 spiro atoms. The summed E-state index contributed by atoms with van der Waals surface area (Å²) in [5.41, 5.74) is 4.92. The molecule has 0 fully saturated rings. The Kier molecular flexibility index (Phi) is 2.56. The van der Waals surface area contributed by atoms with Crippen molar-refractivity contribution < 1.29 is 0 Å². The van der Waals surface area contributed by atoms with Gasteiger partial charge in [-0.05, 0) is 46.8 Å². The van der Waals surface area contributed by atoms with Crippen LogP contribution in [0.25, 0.3) is 22.0 Å². The third-order valence-corrected chi connectivity index (χ3v) is 3.27. The largest absolute Gasteiger partial charge is 0.378 e. The first-order valence-corrected chi connectivity index (χ1v) is 6.09. The Bertz CT molecular complexity index is 663. The molecule has 0 bridgehead atoms. The highest BCUT2D eigenvalue weighted by molar-refractivity contribution is 5.85. The zero-order valence-electron chi connectivity index (χ0n) is 10.6. The summed E-state index contributed by atoms with van der Waals surface area (Å²) >= 11 is 0. The Morgan fingerprint density at radius 2 is 1.56 bits per heavy atom. The van der Waals surface area contributed by atoms with Gasteiger partial charge in [-0.1, -0.05) is 18.2 Å². The highest BCUT2D eigenvalue weighted by atomic mass is 15.1. The zero-order valence-corrected chi connectivity index (χ0v) is 10.6. The molecule has 0 aliphatic carbocycles. The number of nitrogens with one attached hydrogen (secondary N) is 1. The van der Waals surface area contributed by atoms with Gasteiger partial charge in [0.15, 0.2) is 0 Å². The maximum absolute atomic E-state index is 3.22. The number of nitrogens with zero attached hydrogens (tertiary/aromatic N) is 1. The summed E-state index contributed by atoms with van der Waals surface area (Å²) in [5.74, 6) is 0. The molecule has 2 aromatic carbocycles. The van der Waals surface area contributed by atoms with E-state index in [4.69, 9.17) is 0 Å². The highest BCUT2D eigenvalue weighted by Gasteiger charge is 2.01. The van der Waals surface area contributed by atoms with Gasteiger partial charge in [-0.15, -0.1) is 0 Å². The number of fused-ring (bicyclic) bond motifs is 1. The van der Waals surface area contributed by atoms with E-state index >= 15 is 0 Å². The van der Waals surface area contributed by atoms with Gasteiger partial charge in [0.25, 0.3) is 0 Å². The molecule has 2 nitrogen and oxygen atoms in total. The zero-order chi connectivity index (χ0) is 12.5. The van der Waals surface area contributed by atoms with Gasteiger partial charge in [-0.3, -0.25) is 0 Å². The summed E-state index contributed by atoms with van der Waals surface area (Å²) < 4.78 is 0. The predicted molar refractivity (Wildman–Crippen MR) is 78.1 cm³/mol. The first-order chi connectivity index (χ1) is 8.74. The molecule has 0 amide bonds. The number of H-pyrrole nitrogens is 1. The number of benzene rings is 2. The first kappa shape index (κ1) is 10.9. The van der Waals surface area contributed by atoms with Crippen LogP contribution in [-0.2, 0) is 0 Å². The molecule has 18 heavy (non-hydrogen) atoms.